The van der Waals surface area contributed by atoms with Crippen molar-refractivity contribution in [2.75, 3.05) is 13.1 Å². The minimum atomic E-state index is 0.774. The monoisotopic (exact) mass is 208 g/mol. The van der Waals surface area contributed by atoms with Crippen LogP contribution >= 0.6 is 0 Å². The Morgan fingerprint density at radius 1 is 1.27 bits per heavy atom. The minimum absolute atomic E-state index is 0.774. The van der Waals surface area contributed by atoms with Crippen LogP contribution < -0.4 is 10.6 Å². The van der Waals surface area contributed by atoms with Gasteiger partial charge in [0.15, 0.2) is 0 Å². The Balaban J connectivity index is 1.48. The van der Waals surface area contributed by atoms with Crippen LogP contribution in [0.3, 0.4) is 0 Å². The average molecular weight is 208 g/mol. The first-order valence-electron chi connectivity index (χ1n) is 5.91. The van der Waals surface area contributed by atoms with E-state index in [4.69, 9.17) is 4.42 Å². The first-order valence-corrected chi connectivity index (χ1v) is 5.91. The highest BCUT2D eigenvalue weighted by atomic mass is 16.3. The van der Waals surface area contributed by atoms with Gasteiger partial charge in [-0.25, -0.2) is 0 Å². The molecule has 1 heterocycles. The fourth-order valence-corrected chi connectivity index (χ4v) is 2.12. The highest BCUT2D eigenvalue weighted by Gasteiger charge is 2.12. The molecule has 0 unspecified atom stereocenters. The Hall–Kier alpha value is -0.800. The summed E-state index contributed by atoms with van der Waals surface area (Å²) in [6, 6.07) is 4.70. The Kier molecular flexibility index (Phi) is 4.23. The maximum Gasteiger partial charge on any atom is 0.117 e. The fourth-order valence-electron chi connectivity index (χ4n) is 2.12. The number of nitrogens with one attached hydrogen (secondary N) is 2. The third kappa shape index (κ3) is 3.68. The summed E-state index contributed by atoms with van der Waals surface area (Å²) in [6.07, 6.45) is 7.24. The van der Waals surface area contributed by atoms with Crippen LogP contribution in [-0.4, -0.2) is 19.1 Å². The van der Waals surface area contributed by atoms with Crippen molar-refractivity contribution in [3.63, 3.8) is 0 Å². The van der Waals surface area contributed by atoms with Gasteiger partial charge in [0, 0.05) is 19.1 Å². The molecule has 3 heteroatoms. The maximum absolute atomic E-state index is 5.23. The highest BCUT2D eigenvalue weighted by molar-refractivity contribution is 4.97. The van der Waals surface area contributed by atoms with Crippen molar-refractivity contribution in [3.8, 4) is 0 Å². The molecule has 0 aromatic carbocycles. The largest absolute Gasteiger partial charge is 0.468 e. The lowest BCUT2D eigenvalue weighted by atomic mass is 10.2. The van der Waals surface area contributed by atoms with Crippen LogP contribution in [0.5, 0.6) is 0 Å². The highest BCUT2D eigenvalue weighted by Crippen LogP contribution is 2.16. The summed E-state index contributed by atoms with van der Waals surface area (Å²) in [6.45, 7) is 2.90. The van der Waals surface area contributed by atoms with Crippen LogP contribution in [-0.2, 0) is 6.54 Å². The van der Waals surface area contributed by atoms with Gasteiger partial charge in [-0.3, -0.25) is 0 Å². The fraction of sp³-hybridized carbons (Fsp3) is 0.667. The SMILES string of the molecule is c1coc(CNCCNC2CCCC2)c1. The molecule has 0 bridgehead atoms. The van der Waals surface area contributed by atoms with Crippen molar-refractivity contribution < 1.29 is 4.42 Å². The van der Waals surface area contributed by atoms with Crippen LogP contribution in [0.2, 0.25) is 0 Å². The quantitative estimate of drug-likeness (QED) is 0.701. The molecule has 1 aromatic heterocycles. The zero-order valence-corrected chi connectivity index (χ0v) is 9.17. The summed E-state index contributed by atoms with van der Waals surface area (Å²) in [5, 5.41) is 6.92. The molecule has 1 aromatic rings. The van der Waals surface area contributed by atoms with Gasteiger partial charge in [0.05, 0.1) is 12.8 Å². The van der Waals surface area contributed by atoms with E-state index in [0.29, 0.717) is 0 Å². The van der Waals surface area contributed by atoms with Crippen molar-refractivity contribution in [2.45, 2.75) is 38.3 Å². The second-order valence-corrected chi connectivity index (χ2v) is 4.19. The van der Waals surface area contributed by atoms with Crippen LogP contribution in [0.25, 0.3) is 0 Å². The summed E-state index contributed by atoms with van der Waals surface area (Å²) >= 11 is 0. The van der Waals surface area contributed by atoms with E-state index in [1.165, 1.54) is 25.7 Å². The molecule has 1 fully saturated rings. The summed E-state index contributed by atoms with van der Waals surface area (Å²) in [4.78, 5) is 0. The third-order valence-corrected chi connectivity index (χ3v) is 2.97. The molecule has 0 amide bonds. The van der Waals surface area contributed by atoms with Crippen LogP contribution in [0.15, 0.2) is 22.8 Å². The Morgan fingerprint density at radius 2 is 2.13 bits per heavy atom. The molecular weight excluding hydrogens is 188 g/mol. The smallest absolute Gasteiger partial charge is 0.117 e. The average Bonchev–Trinajstić information content (AvgIpc) is 2.88. The topological polar surface area (TPSA) is 37.2 Å². The van der Waals surface area contributed by atoms with Gasteiger partial charge < -0.3 is 15.1 Å². The maximum atomic E-state index is 5.23. The van der Waals surface area contributed by atoms with Crippen molar-refractivity contribution in [3.05, 3.63) is 24.2 Å². The van der Waals surface area contributed by atoms with Gasteiger partial charge in [0.1, 0.15) is 5.76 Å². The molecule has 0 radical (unpaired) electrons. The van der Waals surface area contributed by atoms with E-state index in [1.807, 2.05) is 12.1 Å². The van der Waals surface area contributed by atoms with Crippen molar-refractivity contribution in [1.82, 2.24) is 10.6 Å². The molecule has 1 aliphatic rings. The number of furan rings is 1. The van der Waals surface area contributed by atoms with Gasteiger partial charge in [-0.1, -0.05) is 12.8 Å². The van der Waals surface area contributed by atoms with E-state index in [0.717, 1.165) is 31.4 Å². The standard InChI is InChI=1S/C12H20N2O/c1-2-5-11(4-1)14-8-7-13-10-12-6-3-9-15-12/h3,6,9,11,13-14H,1-2,4-5,7-8,10H2. The summed E-state index contributed by atoms with van der Waals surface area (Å²) in [7, 11) is 0. The lowest BCUT2D eigenvalue weighted by Crippen LogP contribution is -2.33. The molecule has 84 valence electrons. The molecule has 0 aliphatic heterocycles. The Bertz CT molecular complexity index is 253. The lowest BCUT2D eigenvalue weighted by Gasteiger charge is -2.11. The van der Waals surface area contributed by atoms with Crippen molar-refractivity contribution in [2.24, 2.45) is 0 Å². The first kappa shape index (κ1) is 10.7. The molecule has 0 spiro atoms. The number of hydrogen-bond acceptors (Lipinski definition) is 3. The number of rotatable bonds is 6. The predicted molar refractivity (Wildman–Crippen MR) is 60.7 cm³/mol. The molecule has 2 N–H and O–H groups in total. The summed E-state index contributed by atoms with van der Waals surface area (Å²) < 4.78 is 5.23. The Morgan fingerprint density at radius 3 is 2.87 bits per heavy atom. The van der Waals surface area contributed by atoms with Gasteiger partial charge in [-0.05, 0) is 25.0 Å². The summed E-state index contributed by atoms with van der Waals surface area (Å²) in [5.41, 5.74) is 0. The van der Waals surface area contributed by atoms with Crippen molar-refractivity contribution in [1.29, 1.82) is 0 Å². The molecule has 3 nitrogen and oxygen atoms in total. The molecule has 1 aliphatic carbocycles. The zero-order valence-electron chi connectivity index (χ0n) is 9.17. The third-order valence-electron chi connectivity index (χ3n) is 2.97. The molecule has 0 saturated heterocycles. The molecule has 0 atom stereocenters. The first-order chi connectivity index (χ1) is 7.45. The van der Waals surface area contributed by atoms with Crippen LogP contribution in [0, 0.1) is 0 Å². The normalized spacial score (nSPS) is 17.3. The Labute approximate surface area is 91.2 Å². The van der Waals surface area contributed by atoms with E-state index < -0.39 is 0 Å². The van der Waals surface area contributed by atoms with Crippen LogP contribution in [0.1, 0.15) is 31.4 Å². The van der Waals surface area contributed by atoms with E-state index in [1.54, 1.807) is 6.26 Å². The predicted octanol–water partition coefficient (Wildman–Crippen LogP) is 1.90. The zero-order chi connectivity index (χ0) is 10.3. The van der Waals surface area contributed by atoms with E-state index in [2.05, 4.69) is 10.6 Å². The van der Waals surface area contributed by atoms with Crippen LogP contribution in [0.4, 0.5) is 0 Å². The minimum Gasteiger partial charge on any atom is -0.468 e. The number of hydrogen-bond donors (Lipinski definition) is 2. The molecular formula is C12H20N2O. The van der Waals surface area contributed by atoms with Gasteiger partial charge in [0.25, 0.3) is 0 Å². The van der Waals surface area contributed by atoms with Crippen molar-refractivity contribution >= 4 is 0 Å². The molecule has 15 heavy (non-hydrogen) atoms. The van der Waals surface area contributed by atoms with E-state index in [-0.39, 0.29) is 0 Å². The molecule has 1 saturated carbocycles. The van der Waals surface area contributed by atoms with Gasteiger partial charge in [-0.2, -0.15) is 0 Å². The van der Waals surface area contributed by atoms with E-state index >= 15 is 0 Å². The summed E-state index contributed by atoms with van der Waals surface area (Å²) in [5.74, 6) is 1.01. The second kappa shape index (κ2) is 5.93. The van der Waals surface area contributed by atoms with E-state index in [9.17, 15) is 0 Å². The molecule has 2 rings (SSSR count). The lowest BCUT2D eigenvalue weighted by molar-refractivity contribution is 0.467. The van der Waals surface area contributed by atoms with Gasteiger partial charge in [-0.15, -0.1) is 0 Å². The van der Waals surface area contributed by atoms with Gasteiger partial charge >= 0.3 is 0 Å². The van der Waals surface area contributed by atoms with Gasteiger partial charge in [0.2, 0.25) is 0 Å². The second-order valence-electron chi connectivity index (χ2n) is 4.19.